The summed E-state index contributed by atoms with van der Waals surface area (Å²) in [5.74, 6) is 1.12. The number of nitrogens with one attached hydrogen (secondary N) is 1. The fourth-order valence-electron chi connectivity index (χ4n) is 3.69. The van der Waals surface area contributed by atoms with Gasteiger partial charge in [0.15, 0.2) is 0 Å². The van der Waals surface area contributed by atoms with Crippen LogP contribution in [0.5, 0.6) is 0 Å². The third-order valence-corrected chi connectivity index (χ3v) is 6.99. The normalized spacial score (nSPS) is 15.2. The quantitative estimate of drug-likeness (QED) is 0.637. The van der Waals surface area contributed by atoms with E-state index < -0.39 is 10.0 Å². The maximum absolute atomic E-state index is 12.8. The lowest BCUT2D eigenvalue weighted by molar-refractivity contribution is -0.131. The van der Waals surface area contributed by atoms with Crippen LogP contribution in [0.15, 0.2) is 70.0 Å². The molecule has 0 spiro atoms. The third kappa shape index (κ3) is 5.03. The molecular weight excluding hydrogens is 414 g/mol. The average molecular weight is 440 g/mol. The number of amides is 1. The Labute approximate surface area is 182 Å². The minimum absolute atomic E-state index is 0.0274. The van der Waals surface area contributed by atoms with Crippen LogP contribution in [0.1, 0.15) is 24.3 Å². The van der Waals surface area contributed by atoms with Crippen LogP contribution in [0.25, 0.3) is 11.5 Å². The smallest absolute Gasteiger partial charge is 0.240 e. The zero-order chi connectivity index (χ0) is 21.8. The van der Waals surface area contributed by atoms with Gasteiger partial charge >= 0.3 is 0 Å². The number of carbonyl (C=O) groups excluding carboxylic acids is 1. The van der Waals surface area contributed by atoms with E-state index in [4.69, 9.17) is 4.42 Å². The second-order valence-electron chi connectivity index (χ2n) is 7.65. The van der Waals surface area contributed by atoms with Crippen molar-refractivity contribution in [2.24, 2.45) is 0 Å². The number of carbonyl (C=O) groups is 1. The van der Waals surface area contributed by atoms with Crippen molar-refractivity contribution in [2.75, 3.05) is 13.1 Å². The molecule has 1 aliphatic rings. The van der Waals surface area contributed by atoms with Gasteiger partial charge in [-0.3, -0.25) is 4.79 Å². The van der Waals surface area contributed by atoms with E-state index >= 15 is 0 Å². The van der Waals surface area contributed by atoms with E-state index in [0.29, 0.717) is 43.3 Å². The molecule has 0 radical (unpaired) electrons. The van der Waals surface area contributed by atoms with E-state index in [1.54, 1.807) is 35.2 Å². The van der Waals surface area contributed by atoms with E-state index in [9.17, 15) is 13.2 Å². The molecule has 2 heterocycles. The first-order valence-electron chi connectivity index (χ1n) is 10.3. The van der Waals surface area contributed by atoms with E-state index in [-0.39, 0.29) is 23.3 Å². The number of benzene rings is 2. The lowest BCUT2D eigenvalue weighted by Crippen LogP contribution is -2.46. The highest BCUT2D eigenvalue weighted by Crippen LogP contribution is 2.22. The van der Waals surface area contributed by atoms with Gasteiger partial charge in [-0.2, -0.15) is 0 Å². The minimum atomic E-state index is -3.55. The standard InChI is InChI=1S/C23H25N3O4S/c1-17-21(24-23(30-17)18-8-4-2-5-9-18)16-22(27)26-14-12-19(13-15-26)25-31(28,29)20-10-6-3-7-11-20/h2-11,19,25H,12-16H2,1H3. The summed E-state index contributed by atoms with van der Waals surface area (Å²) in [5, 5.41) is 0. The van der Waals surface area contributed by atoms with Gasteiger partial charge in [-0.25, -0.2) is 18.1 Å². The molecule has 0 unspecified atom stereocenters. The molecule has 0 saturated carbocycles. The molecule has 1 fully saturated rings. The van der Waals surface area contributed by atoms with Crippen LogP contribution in [0.2, 0.25) is 0 Å². The van der Waals surface area contributed by atoms with Crippen LogP contribution >= 0.6 is 0 Å². The van der Waals surface area contributed by atoms with Crippen molar-refractivity contribution >= 4 is 15.9 Å². The molecule has 1 amide bonds. The van der Waals surface area contributed by atoms with Crippen molar-refractivity contribution in [1.82, 2.24) is 14.6 Å². The lowest BCUT2D eigenvalue weighted by Gasteiger charge is -2.32. The first-order chi connectivity index (χ1) is 14.9. The van der Waals surface area contributed by atoms with Crippen LogP contribution in [-0.2, 0) is 21.2 Å². The number of rotatable bonds is 6. The summed E-state index contributed by atoms with van der Waals surface area (Å²) in [5.41, 5.74) is 1.51. The first kappa shape index (κ1) is 21.3. The zero-order valence-electron chi connectivity index (χ0n) is 17.3. The Kier molecular flexibility index (Phi) is 6.20. The predicted molar refractivity (Wildman–Crippen MR) is 117 cm³/mol. The van der Waals surface area contributed by atoms with Gasteiger partial charge < -0.3 is 9.32 Å². The summed E-state index contributed by atoms with van der Waals surface area (Å²) in [6.07, 6.45) is 1.32. The molecule has 1 aromatic heterocycles. The van der Waals surface area contributed by atoms with Crippen molar-refractivity contribution in [3.05, 3.63) is 72.1 Å². The third-order valence-electron chi connectivity index (χ3n) is 5.46. The van der Waals surface area contributed by atoms with Gasteiger partial charge in [-0.15, -0.1) is 0 Å². The van der Waals surface area contributed by atoms with Crippen LogP contribution in [-0.4, -0.2) is 43.3 Å². The lowest BCUT2D eigenvalue weighted by atomic mass is 10.1. The van der Waals surface area contributed by atoms with Crippen molar-refractivity contribution in [3.63, 3.8) is 0 Å². The maximum Gasteiger partial charge on any atom is 0.240 e. The number of hydrogen-bond donors (Lipinski definition) is 1. The van der Waals surface area contributed by atoms with Crippen LogP contribution < -0.4 is 4.72 Å². The Morgan fingerprint density at radius 1 is 1.06 bits per heavy atom. The fourth-order valence-corrected chi connectivity index (χ4v) is 5.01. The molecule has 3 aromatic rings. The highest BCUT2D eigenvalue weighted by atomic mass is 32.2. The number of likely N-dealkylation sites (tertiary alicyclic amines) is 1. The summed E-state index contributed by atoms with van der Waals surface area (Å²) >= 11 is 0. The van der Waals surface area contributed by atoms with E-state index in [2.05, 4.69) is 9.71 Å². The number of sulfonamides is 1. The van der Waals surface area contributed by atoms with Crippen molar-refractivity contribution in [1.29, 1.82) is 0 Å². The number of hydrogen-bond acceptors (Lipinski definition) is 5. The molecule has 1 aliphatic heterocycles. The van der Waals surface area contributed by atoms with Gasteiger partial charge in [-0.1, -0.05) is 36.4 Å². The molecule has 8 heteroatoms. The number of aromatic nitrogens is 1. The highest BCUT2D eigenvalue weighted by Gasteiger charge is 2.27. The number of oxazole rings is 1. The molecule has 1 N–H and O–H groups in total. The Hall–Kier alpha value is -2.97. The van der Waals surface area contributed by atoms with E-state index in [0.717, 1.165) is 5.56 Å². The highest BCUT2D eigenvalue weighted by molar-refractivity contribution is 7.89. The van der Waals surface area contributed by atoms with Crippen LogP contribution in [0.4, 0.5) is 0 Å². The Balaban J connectivity index is 1.33. The minimum Gasteiger partial charge on any atom is -0.441 e. The first-order valence-corrected chi connectivity index (χ1v) is 11.8. The molecular formula is C23H25N3O4S. The molecule has 31 heavy (non-hydrogen) atoms. The summed E-state index contributed by atoms with van der Waals surface area (Å²) in [7, 11) is -3.55. The molecule has 1 saturated heterocycles. The predicted octanol–water partition coefficient (Wildman–Crippen LogP) is 3.16. The Morgan fingerprint density at radius 3 is 2.32 bits per heavy atom. The van der Waals surface area contributed by atoms with E-state index in [1.807, 2.05) is 37.3 Å². The van der Waals surface area contributed by atoms with Crippen molar-refractivity contribution in [2.45, 2.75) is 37.1 Å². The molecule has 0 atom stereocenters. The second kappa shape index (κ2) is 9.03. The maximum atomic E-state index is 12.8. The second-order valence-corrected chi connectivity index (χ2v) is 9.37. The van der Waals surface area contributed by atoms with Crippen molar-refractivity contribution in [3.8, 4) is 11.5 Å². The summed E-state index contributed by atoms with van der Waals surface area (Å²) in [4.78, 5) is 19.3. The molecule has 4 rings (SSSR count). The molecule has 0 aliphatic carbocycles. The molecule has 162 valence electrons. The molecule has 2 aromatic carbocycles. The molecule has 0 bridgehead atoms. The van der Waals surface area contributed by atoms with Crippen LogP contribution in [0.3, 0.4) is 0 Å². The molecule has 7 nitrogen and oxygen atoms in total. The average Bonchev–Trinajstić information content (AvgIpc) is 3.15. The van der Waals surface area contributed by atoms with Gasteiger partial charge in [0.2, 0.25) is 21.8 Å². The number of nitrogens with zero attached hydrogens (tertiary/aromatic N) is 2. The summed E-state index contributed by atoms with van der Waals surface area (Å²) in [6.45, 7) is 2.82. The summed E-state index contributed by atoms with van der Waals surface area (Å²) < 4.78 is 33.5. The Morgan fingerprint density at radius 2 is 1.68 bits per heavy atom. The number of aryl methyl sites for hydroxylation is 1. The van der Waals surface area contributed by atoms with Crippen LogP contribution in [0, 0.1) is 6.92 Å². The largest absolute Gasteiger partial charge is 0.441 e. The van der Waals surface area contributed by atoms with Gasteiger partial charge in [-0.05, 0) is 44.0 Å². The number of piperidine rings is 1. The van der Waals surface area contributed by atoms with Gasteiger partial charge in [0.25, 0.3) is 0 Å². The SMILES string of the molecule is Cc1oc(-c2ccccc2)nc1CC(=O)N1CCC(NS(=O)(=O)c2ccccc2)CC1. The van der Waals surface area contributed by atoms with Crippen molar-refractivity contribution < 1.29 is 17.6 Å². The fraction of sp³-hybridized carbons (Fsp3) is 0.304. The van der Waals surface area contributed by atoms with Gasteiger partial charge in [0, 0.05) is 24.7 Å². The monoisotopic (exact) mass is 439 g/mol. The Bertz CT molecular complexity index is 1140. The summed E-state index contributed by atoms with van der Waals surface area (Å²) in [6, 6.07) is 17.7. The van der Waals surface area contributed by atoms with Gasteiger partial charge in [0.05, 0.1) is 17.0 Å². The van der Waals surface area contributed by atoms with E-state index in [1.165, 1.54) is 0 Å². The van der Waals surface area contributed by atoms with Gasteiger partial charge in [0.1, 0.15) is 5.76 Å². The zero-order valence-corrected chi connectivity index (χ0v) is 18.1. The topological polar surface area (TPSA) is 92.5 Å².